The zero-order chi connectivity index (χ0) is 11.5. The summed E-state index contributed by atoms with van der Waals surface area (Å²) in [7, 11) is 0. The lowest BCUT2D eigenvalue weighted by molar-refractivity contribution is -0.130. The van der Waals surface area contributed by atoms with E-state index in [9.17, 15) is 4.79 Å². The quantitative estimate of drug-likeness (QED) is 0.740. The SMILES string of the molecule is CC(=O)N(C[C@H]1CCCN1CCO)C1CC1. The Hall–Kier alpha value is -0.610. The molecule has 0 spiro atoms. The summed E-state index contributed by atoms with van der Waals surface area (Å²) in [6, 6.07) is 0.978. The van der Waals surface area contributed by atoms with Gasteiger partial charge in [-0.15, -0.1) is 0 Å². The Labute approximate surface area is 97.2 Å². The number of likely N-dealkylation sites (tertiary alicyclic amines) is 1. The molecule has 0 radical (unpaired) electrons. The number of amides is 1. The zero-order valence-electron chi connectivity index (χ0n) is 10.1. The molecule has 2 aliphatic rings. The second-order valence-corrected chi connectivity index (χ2v) is 4.96. The van der Waals surface area contributed by atoms with Gasteiger partial charge in [0.15, 0.2) is 0 Å². The topological polar surface area (TPSA) is 43.8 Å². The van der Waals surface area contributed by atoms with Gasteiger partial charge in [0.05, 0.1) is 6.61 Å². The monoisotopic (exact) mass is 226 g/mol. The van der Waals surface area contributed by atoms with Crippen LogP contribution in [0.25, 0.3) is 0 Å². The fraction of sp³-hybridized carbons (Fsp3) is 0.917. The number of β-amino-alcohol motifs (C(OH)–C–C–N with tert-alkyl or cyclic N) is 1. The van der Waals surface area contributed by atoms with Gasteiger partial charge in [0.1, 0.15) is 0 Å². The maximum atomic E-state index is 11.5. The highest BCUT2D eigenvalue weighted by atomic mass is 16.3. The van der Waals surface area contributed by atoms with E-state index in [0.29, 0.717) is 12.1 Å². The van der Waals surface area contributed by atoms with Gasteiger partial charge in [-0.25, -0.2) is 0 Å². The van der Waals surface area contributed by atoms with Gasteiger partial charge in [0.25, 0.3) is 0 Å². The summed E-state index contributed by atoms with van der Waals surface area (Å²) in [6.45, 7) is 4.58. The predicted octanol–water partition coefficient (Wildman–Crippen LogP) is 0.454. The minimum absolute atomic E-state index is 0.207. The van der Waals surface area contributed by atoms with Gasteiger partial charge >= 0.3 is 0 Å². The molecule has 1 aliphatic heterocycles. The Morgan fingerprint density at radius 3 is 2.75 bits per heavy atom. The summed E-state index contributed by atoms with van der Waals surface area (Å²) in [4.78, 5) is 15.9. The fourth-order valence-electron chi connectivity index (χ4n) is 2.67. The minimum atomic E-state index is 0.207. The predicted molar refractivity (Wildman–Crippen MR) is 62.1 cm³/mol. The van der Waals surface area contributed by atoms with Gasteiger partial charge in [-0.2, -0.15) is 0 Å². The Balaban J connectivity index is 1.88. The van der Waals surface area contributed by atoms with Gasteiger partial charge < -0.3 is 10.0 Å². The molecule has 4 heteroatoms. The van der Waals surface area contributed by atoms with Crippen molar-refractivity contribution in [3.63, 3.8) is 0 Å². The van der Waals surface area contributed by atoms with Crippen molar-refractivity contribution >= 4 is 5.91 Å². The second kappa shape index (κ2) is 5.15. The van der Waals surface area contributed by atoms with Crippen molar-refractivity contribution in [2.45, 2.75) is 44.7 Å². The van der Waals surface area contributed by atoms with Crippen molar-refractivity contribution in [1.29, 1.82) is 0 Å². The van der Waals surface area contributed by atoms with Crippen LogP contribution in [0.4, 0.5) is 0 Å². The highest BCUT2D eigenvalue weighted by molar-refractivity contribution is 5.74. The van der Waals surface area contributed by atoms with E-state index in [-0.39, 0.29) is 12.5 Å². The summed E-state index contributed by atoms with van der Waals surface area (Å²) in [5.74, 6) is 0.207. The standard InChI is InChI=1S/C12H22N2O2/c1-10(16)14(11-4-5-11)9-12-3-2-6-13(12)7-8-15/h11-12,15H,2-9H2,1H3/t12-/m1/s1. The van der Waals surface area contributed by atoms with Gasteiger partial charge in [0.2, 0.25) is 5.91 Å². The van der Waals surface area contributed by atoms with E-state index in [0.717, 1.165) is 26.1 Å². The van der Waals surface area contributed by atoms with E-state index in [1.54, 1.807) is 6.92 Å². The van der Waals surface area contributed by atoms with Crippen LogP contribution in [0.3, 0.4) is 0 Å². The van der Waals surface area contributed by atoms with E-state index in [1.165, 1.54) is 19.3 Å². The Kier molecular flexibility index (Phi) is 3.82. The van der Waals surface area contributed by atoms with Crippen LogP contribution < -0.4 is 0 Å². The van der Waals surface area contributed by atoms with Crippen LogP contribution in [0.2, 0.25) is 0 Å². The molecule has 1 amide bonds. The molecule has 1 aliphatic carbocycles. The number of hydrogen-bond acceptors (Lipinski definition) is 3. The average molecular weight is 226 g/mol. The molecule has 1 heterocycles. The van der Waals surface area contributed by atoms with Crippen molar-refractivity contribution < 1.29 is 9.90 Å². The van der Waals surface area contributed by atoms with E-state index in [2.05, 4.69) is 4.90 Å². The first-order valence-electron chi connectivity index (χ1n) is 6.34. The van der Waals surface area contributed by atoms with Crippen LogP contribution >= 0.6 is 0 Å². The molecule has 1 N–H and O–H groups in total. The van der Waals surface area contributed by atoms with Crippen LogP contribution in [0.5, 0.6) is 0 Å². The molecule has 0 aromatic carbocycles. The van der Waals surface area contributed by atoms with Crippen LogP contribution in [0.15, 0.2) is 0 Å². The van der Waals surface area contributed by atoms with Crippen molar-refractivity contribution in [2.24, 2.45) is 0 Å². The third kappa shape index (κ3) is 2.74. The summed E-state index contributed by atoms with van der Waals surface area (Å²) >= 11 is 0. The largest absolute Gasteiger partial charge is 0.395 e. The summed E-state index contributed by atoms with van der Waals surface area (Å²) in [5, 5.41) is 8.99. The third-order valence-corrected chi connectivity index (χ3v) is 3.69. The molecule has 1 atom stereocenters. The molecule has 92 valence electrons. The summed E-state index contributed by atoms with van der Waals surface area (Å²) in [5.41, 5.74) is 0. The highest BCUT2D eigenvalue weighted by Crippen LogP contribution is 2.29. The molecule has 4 nitrogen and oxygen atoms in total. The van der Waals surface area contributed by atoms with Crippen molar-refractivity contribution in [2.75, 3.05) is 26.2 Å². The number of rotatable bonds is 5. The molecular weight excluding hydrogens is 204 g/mol. The first-order chi connectivity index (χ1) is 7.72. The van der Waals surface area contributed by atoms with Gasteiger partial charge in [-0.1, -0.05) is 0 Å². The molecular formula is C12H22N2O2. The molecule has 0 bridgehead atoms. The molecule has 1 saturated carbocycles. The molecule has 2 fully saturated rings. The first kappa shape index (κ1) is 11.9. The van der Waals surface area contributed by atoms with Gasteiger partial charge in [-0.05, 0) is 32.2 Å². The molecule has 0 aromatic heterocycles. The van der Waals surface area contributed by atoms with Gasteiger partial charge in [0, 0.05) is 32.1 Å². The third-order valence-electron chi connectivity index (χ3n) is 3.69. The molecule has 2 rings (SSSR count). The smallest absolute Gasteiger partial charge is 0.219 e. The summed E-state index contributed by atoms with van der Waals surface area (Å²) < 4.78 is 0. The zero-order valence-corrected chi connectivity index (χ0v) is 10.1. The fourth-order valence-corrected chi connectivity index (χ4v) is 2.67. The van der Waals surface area contributed by atoms with Crippen LogP contribution in [-0.2, 0) is 4.79 Å². The molecule has 16 heavy (non-hydrogen) atoms. The van der Waals surface area contributed by atoms with E-state index < -0.39 is 0 Å². The van der Waals surface area contributed by atoms with Gasteiger partial charge in [-0.3, -0.25) is 9.69 Å². The summed E-state index contributed by atoms with van der Waals surface area (Å²) in [6.07, 6.45) is 4.70. The first-order valence-corrected chi connectivity index (χ1v) is 6.34. The maximum absolute atomic E-state index is 11.5. The normalized spacial score (nSPS) is 26.0. The lowest BCUT2D eigenvalue weighted by Gasteiger charge is -2.30. The molecule has 0 aromatic rings. The highest BCUT2D eigenvalue weighted by Gasteiger charge is 2.34. The van der Waals surface area contributed by atoms with E-state index in [4.69, 9.17) is 5.11 Å². The maximum Gasteiger partial charge on any atom is 0.219 e. The number of carbonyl (C=O) groups excluding carboxylic acids is 1. The lowest BCUT2D eigenvalue weighted by Crippen LogP contribution is -2.44. The Morgan fingerprint density at radius 2 is 2.19 bits per heavy atom. The van der Waals surface area contributed by atoms with Crippen LogP contribution in [0, 0.1) is 0 Å². The number of aliphatic hydroxyl groups is 1. The number of carbonyl (C=O) groups is 1. The Morgan fingerprint density at radius 1 is 1.44 bits per heavy atom. The lowest BCUT2D eigenvalue weighted by atomic mass is 10.2. The molecule has 1 saturated heterocycles. The minimum Gasteiger partial charge on any atom is -0.395 e. The van der Waals surface area contributed by atoms with Crippen molar-refractivity contribution in [3.05, 3.63) is 0 Å². The van der Waals surface area contributed by atoms with Crippen LogP contribution in [-0.4, -0.2) is 59.1 Å². The number of aliphatic hydroxyl groups excluding tert-OH is 1. The average Bonchev–Trinajstić information content (AvgIpc) is 2.98. The number of hydrogen-bond donors (Lipinski definition) is 1. The van der Waals surface area contributed by atoms with E-state index in [1.807, 2.05) is 4.90 Å². The number of nitrogens with zero attached hydrogens (tertiary/aromatic N) is 2. The Bertz CT molecular complexity index is 253. The van der Waals surface area contributed by atoms with Crippen molar-refractivity contribution in [3.8, 4) is 0 Å². The van der Waals surface area contributed by atoms with E-state index >= 15 is 0 Å². The van der Waals surface area contributed by atoms with Crippen LogP contribution in [0.1, 0.15) is 32.6 Å². The molecule has 0 unspecified atom stereocenters. The second-order valence-electron chi connectivity index (χ2n) is 4.96. The van der Waals surface area contributed by atoms with Crippen molar-refractivity contribution in [1.82, 2.24) is 9.80 Å².